The molecule has 0 fully saturated rings. The van der Waals surface area contributed by atoms with Crippen LogP contribution in [0.25, 0.3) is 44.2 Å². The van der Waals surface area contributed by atoms with Gasteiger partial charge < -0.3 is 0 Å². The van der Waals surface area contributed by atoms with Gasteiger partial charge in [-0.3, -0.25) is 0 Å². The molecule has 0 aliphatic heterocycles. The van der Waals surface area contributed by atoms with Gasteiger partial charge in [0.2, 0.25) is 0 Å². The van der Waals surface area contributed by atoms with Crippen molar-refractivity contribution >= 4 is 55.5 Å². The third-order valence-electron chi connectivity index (χ3n) is 8.48. The zero-order valence-corrected chi connectivity index (χ0v) is 22.8. The second-order valence-electron chi connectivity index (χ2n) is 10.5. The first-order valence-electron chi connectivity index (χ1n) is 13.9. The zero-order valence-electron chi connectivity index (χ0n) is 22.0. The van der Waals surface area contributed by atoms with E-state index in [1.54, 1.807) is 11.1 Å². The number of allylic oxidation sites excluding steroid dienone is 9. The van der Waals surface area contributed by atoms with Crippen molar-refractivity contribution in [2.75, 3.05) is 0 Å². The zero-order chi connectivity index (χ0) is 25.6. The molecule has 1 heteroatoms. The van der Waals surface area contributed by atoms with E-state index in [9.17, 15) is 0 Å². The van der Waals surface area contributed by atoms with E-state index in [1.807, 2.05) is 17.4 Å². The third kappa shape index (κ3) is 3.72. The summed E-state index contributed by atoms with van der Waals surface area (Å²) in [6.45, 7) is 6.41. The lowest BCUT2D eigenvalue weighted by molar-refractivity contribution is 0.911. The molecule has 0 saturated carbocycles. The first kappa shape index (κ1) is 23.4. The van der Waals surface area contributed by atoms with Crippen molar-refractivity contribution in [3.05, 3.63) is 129 Å². The van der Waals surface area contributed by atoms with Gasteiger partial charge in [-0.15, -0.1) is 11.3 Å². The Hall–Kier alpha value is -3.68. The Morgan fingerprint density at radius 1 is 0.789 bits per heavy atom. The van der Waals surface area contributed by atoms with Gasteiger partial charge in [-0.2, -0.15) is 0 Å². The van der Waals surface area contributed by atoms with E-state index in [1.165, 1.54) is 71.1 Å². The highest BCUT2D eigenvalue weighted by atomic mass is 32.1. The van der Waals surface area contributed by atoms with Gasteiger partial charge in [-0.25, -0.2) is 0 Å². The van der Waals surface area contributed by atoms with Crippen LogP contribution in [0.2, 0.25) is 0 Å². The summed E-state index contributed by atoms with van der Waals surface area (Å²) in [5.74, 6) is 0. The van der Waals surface area contributed by atoms with Crippen LogP contribution >= 0.6 is 11.3 Å². The standard InChI is InChI=1S/C37H32S/c1-3-24(22-25(4-2)27-17-11-18-34-33-16-9-10-19-36(33)38-37(27)34)26-20-21-32-30-14-6-5-12-28(30)29-13-7-8-15-31(29)35(32)23-26/h3-4,6,8-10,14-17,19-23H,2,5,7,11-13,18H2,1H3/b24-3+,25-22+. The Morgan fingerprint density at radius 3 is 2.29 bits per heavy atom. The lowest BCUT2D eigenvalue weighted by Gasteiger charge is -2.24. The second-order valence-corrected chi connectivity index (χ2v) is 11.6. The number of hydrogen-bond acceptors (Lipinski definition) is 1. The molecule has 0 unspecified atom stereocenters. The molecule has 0 atom stereocenters. The van der Waals surface area contributed by atoms with Gasteiger partial charge in [-0.1, -0.05) is 79.4 Å². The Bertz CT molecular complexity index is 1780. The summed E-state index contributed by atoms with van der Waals surface area (Å²) in [5, 5.41) is 4.19. The van der Waals surface area contributed by atoms with Crippen LogP contribution in [0.5, 0.6) is 0 Å². The minimum Gasteiger partial charge on any atom is -0.135 e. The minimum absolute atomic E-state index is 1.08. The Morgan fingerprint density at radius 2 is 1.53 bits per heavy atom. The molecule has 0 amide bonds. The van der Waals surface area contributed by atoms with Gasteiger partial charge in [0.1, 0.15) is 0 Å². The average molecular weight is 509 g/mol. The molecule has 4 aromatic rings. The number of hydrogen-bond donors (Lipinski definition) is 0. The minimum atomic E-state index is 1.08. The number of thiophene rings is 1. The summed E-state index contributed by atoms with van der Waals surface area (Å²) >= 11 is 1.92. The molecule has 186 valence electrons. The SMILES string of the molecule is C=C/C(=C\C(=C/C)c1ccc2c3c(c4c(c2c1)C=CCC4)CCC=C3)C1=CCCc2c1sc1ccccc21. The Kier molecular flexibility index (Phi) is 5.90. The summed E-state index contributed by atoms with van der Waals surface area (Å²) in [6, 6.07) is 15.9. The van der Waals surface area contributed by atoms with Crippen molar-refractivity contribution in [3.63, 3.8) is 0 Å². The Balaban J connectivity index is 1.35. The maximum Gasteiger partial charge on any atom is 0.0390 e. The van der Waals surface area contributed by atoms with E-state index in [0.29, 0.717) is 0 Å². The van der Waals surface area contributed by atoms with Gasteiger partial charge >= 0.3 is 0 Å². The number of fused-ring (bicyclic) bond motifs is 9. The summed E-state index contributed by atoms with van der Waals surface area (Å²) < 4.78 is 1.38. The topological polar surface area (TPSA) is 0 Å². The van der Waals surface area contributed by atoms with Gasteiger partial charge in [0.25, 0.3) is 0 Å². The van der Waals surface area contributed by atoms with Crippen LogP contribution in [0.15, 0.2) is 91.1 Å². The predicted octanol–water partition coefficient (Wildman–Crippen LogP) is 10.5. The fourth-order valence-corrected chi connectivity index (χ4v) is 7.97. The average Bonchev–Trinajstić information content (AvgIpc) is 3.37. The van der Waals surface area contributed by atoms with Crippen molar-refractivity contribution in [3.8, 4) is 0 Å². The first-order chi connectivity index (χ1) is 18.8. The van der Waals surface area contributed by atoms with Crippen molar-refractivity contribution in [2.45, 2.75) is 45.4 Å². The molecule has 7 rings (SSSR count). The van der Waals surface area contributed by atoms with E-state index in [-0.39, 0.29) is 0 Å². The van der Waals surface area contributed by atoms with Crippen LogP contribution in [0.3, 0.4) is 0 Å². The molecule has 3 aliphatic rings. The van der Waals surface area contributed by atoms with E-state index in [2.05, 4.69) is 98.5 Å². The molecule has 0 N–H and O–H groups in total. The third-order valence-corrected chi connectivity index (χ3v) is 9.72. The molecule has 0 bridgehead atoms. The van der Waals surface area contributed by atoms with Crippen LogP contribution in [0.4, 0.5) is 0 Å². The van der Waals surface area contributed by atoms with Crippen molar-refractivity contribution in [2.24, 2.45) is 0 Å². The summed E-state index contributed by atoms with van der Waals surface area (Å²) in [7, 11) is 0. The lowest BCUT2D eigenvalue weighted by Crippen LogP contribution is -2.07. The summed E-state index contributed by atoms with van der Waals surface area (Å²) in [4.78, 5) is 1.41. The molecule has 0 nitrogen and oxygen atoms in total. The van der Waals surface area contributed by atoms with E-state index >= 15 is 0 Å². The molecular formula is C37H32S. The first-order valence-corrected chi connectivity index (χ1v) is 14.7. The fourth-order valence-electron chi connectivity index (χ4n) is 6.66. The van der Waals surface area contributed by atoms with Crippen molar-refractivity contribution < 1.29 is 0 Å². The highest BCUT2D eigenvalue weighted by Crippen LogP contribution is 2.43. The fraction of sp³-hybridized carbons (Fsp3) is 0.189. The van der Waals surface area contributed by atoms with Crippen LogP contribution < -0.4 is 0 Å². The van der Waals surface area contributed by atoms with E-state index in [0.717, 1.165) is 32.1 Å². The van der Waals surface area contributed by atoms with Gasteiger partial charge in [-0.05, 0) is 130 Å². The lowest BCUT2D eigenvalue weighted by atomic mass is 9.80. The highest BCUT2D eigenvalue weighted by molar-refractivity contribution is 7.20. The van der Waals surface area contributed by atoms with Gasteiger partial charge in [0, 0.05) is 9.58 Å². The second kappa shape index (κ2) is 9.57. The van der Waals surface area contributed by atoms with Crippen LogP contribution in [0.1, 0.15) is 64.4 Å². The molecule has 1 aromatic heterocycles. The van der Waals surface area contributed by atoms with Crippen LogP contribution in [-0.4, -0.2) is 0 Å². The monoisotopic (exact) mass is 508 g/mol. The number of benzene rings is 3. The molecule has 3 aromatic carbocycles. The molecule has 1 heterocycles. The largest absolute Gasteiger partial charge is 0.135 e. The van der Waals surface area contributed by atoms with Gasteiger partial charge in [0.05, 0.1) is 0 Å². The molecule has 0 radical (unpaired) electrons. The molecular weight excluding hydrogens is 476 g/mol. The van der Waals surface area contributed by atoms with Crippen molar-refractivity contribution in [1.82, 2.24) is 0 Å². The molecule has 0 saturated heterocycles. The Labute approximate surface area is 229 Å². The summed E-state index contributed by atoms with van der Waals surface area (Å²) in [6.07, 6.45) is 25.3. The van der Waals surface area contributed by atoms with Crippen LogP contribution in [0, 0.1) is 0 Å². The summed E-state index contributed by atoms with van der Waals surface area (Å²) in [5.41, 5.74) is 12.6. The molecule has 0 spiro atoms. The molecule has 3 aliphatic carbocycles. The van der Waals surface area contributed by atoms with Crippen LogP contribution in [-0.2, 0) is 19.3 Å². The normalized spacial score (nSPS) is 16.8. The number of rotatable bonds is 4. The van der Waals surface area contributed by atoms with Gasteiger partial charge in [0.15, 0.2) is 0 Å². The van der Waals surface area contributed by atoms with E-state index < -0.39 is 0 Å². The number of aryl methyl sites for hydroxylation is 1. The van der Waals surface area contributed by atoms with E-state index in [4.69, 9.17) is 0 Å². The molecule has 38 heavy (non-hydrogen) atoms. The quantitative estimate of drug-likeness (QED) is 0.241. The maximum absolute atomic E-state index is 4.25. The predicted molar refractivity (Wildman–Crippen MR) is 169 cm³/mol. The highest BCUT2D eigenvalue weighted by Gasteiger charge is 2.22. The maximum atomic E-state index is 4.25. The smallest absolute Gasteiger partial charge is 0.0390 e. The van der Waals surface area contributed by atoms with Crippen molar-refractivity contribution in [1.29, 1.82) is 0 Å².